The smallest absolute Gasteiger partial charge is 0.121 e. The van der Waals surface area contributed by atoms with Gasteiger partial charge in [0.25, 0.3) is 0 Å². The van der Waals surface area contributed by atoms with Gasteiger partial charge in [0.05, 0.1) is 13.2 Å². The van der Waals surface area contributed by atoms with Crippen LogP contribution in [0.4, 0.5) is 0 Å². The molecule has 1 atom stereocenters. The predicted octanol–water partition coefficient (Wildman–Crippen LogP) is 3.36. The number of hydrogen-bond donors (Lipinski definition) is 1. The van der Waals surface area contributed by atoms with Crippen LogP contribution in [-0.2, 0) is 0 Å². The summed E-state index contributed by atoms with van der Waals surface area (Å²) in [6, 6.07) is 14.3. The van der Waals surface area contributed by atoms with E-state index in [9.17, 15) is 0 Å². The minimum atomic E-state index is -0.0884. The molecular weight excluding hydrogens is 222 g/mol. The summed E-state index contributed by atoms with van der Waals surface area (Å²) in [5.41, 5.74) is 10.9. The van der Waals surface area contributed by atoms with Gasteiger partial charge in [-0.1, -0.05) is 42.0 Å². The van der Waals surface area contributed by atoms with Crippen molar-refractivity contribution in [2.75, 3.05) is 7.11 Å². The molecule has 0 aliphatic heterocycles. The molecule has 2 N–H and O–H groups in total. The molecule has 0 fully saturated rings. The van der Waals surface area contributed by atoms with Crippen molar-refractivity contribution < 1.29 is 4.74 Å². The van der Waals surface area contributed by atoms with Crippen molar-refractivity contribution in [1.29, 1.82) is 0 Å². The second-order valence-corrected chi connectivity index (χ2v) is 4.62. The molecule has 2 aromatic carbocycles. The van der Waals surface area contributed by atoms with Crippen molar-refractivity contribution in [3.05, 3.63) is 64.7 Å². The van der Waals surface area contributed by atoms with E-state index < -0.39 is 0 Å². The third-order valence-electron chi connectivity index (χ3n) is 3.18. The molecule has 0 aromatic heterocycles. The topological polar surface area (TPSA) is 35.2 Å². The van der Waals surface area contributed by atoms with E-state index >= 15 is 0 Å². The highest BCUT2D eigenvalue weighted by atomic mass is 16.5. The van der Waals surface area contributed by atoms with Crippen LogP contribution >= 0.6 is 0 Å². The fourth-order valence-corrected chi connectivity index (χ4v) is 2.15. The summed E-state index contributed by atoms with van der Waals surface area (Å²) in [5, 5.41) is 0. The van der Waals surface area contributed by atoms with Gasteiger partial charge in [-0.3, -0.25) is 0 Å². The zero-order valence-electron chi connectivity index (χ0n) is 11.1. The largest absolute Gasteiger partial charge is 0.496 e. The molecule has 0 radical (unpaired) electrons. The monoisotopic (exact) mass is 241 g/mol. The standard InChI is InChI=1S/C16H19NO/c1-11-5-4-6-13(9-11)16(17)14-7-8-15(18-3)12(2)10-14/h4-10,16H,17H2,1-3H3. The molecule has 0 aliphatic carbocycles. The van der Waals surface area contributed by atoms with Crippen molar-refractivity contribution in [3.8, 4) is 5.75 Å². The van der Waals surface area contributed by atoms with E-state index in [0.29, 0.717) is 0 Å². The minimum Gasteiger partial charge on any atom is -0.496 e. The number of hydrogen-bond acceptors (Lipinski definition) is 2. The molecule has 0 heterocycles. The first kappa shape index (κ1) is 12.7. The van der Waals surface area contributed by atoms with E-state index in [-0.39, 0.29) is 6.04 Å². The molecule has 2 rings (SSSR count). The van der Waals surface area contributed by atoms with Gasteiger partial charge in [-0.25, -0.2) is 0 Å². The van der Waals surface area contributed by atoms with Crippen molar-refractivity contribution in [1.82, 2.24) is 0 Å². The van der Waals surface area contributed by atoms with Gasteiger partial charge < -0.3 is 10.5 Å². The van der Waals surface area contributed by atoms with Gasteiger partial charge in [0, 0.05) is 0 Å². The predicted molar refractivity (Wildman–Crippen MR) is 74.9 cm³/mol. The maximum atomic E-state index is 6.30. The number of rotatable bonds is 3. The Labute approximate surface area is 108 Å². The van der Waals surface area contributed by atoms with E-state index in [4.69, 9.17) is 10.5 Å². The first-order valence-electron chi connectivity index (χ1n) is 6.08. The summed E-state index contributed by atoms with van der Waals surface area (Å²) in [6.45, 7) is 4.11. The van der Waals surface area contributed by atoms with Crippen molar-refractivity contribution in [2.24, 2.45) is 5.73 Å². The molecule has 18 heavy (non-hydrogen) atoms. The van der Waals surface area contributed by atoms with Crippen LogP contribution < -0.4 is 10.5 Å². The Balaban J connectivity index is 2.34. The van der Waals surface area contributed by atoms with Crippen LogP contribution in [0.2, 0.25) is 0 Å². The number of aryl methyl sites for hydroxylation is 2. The fraction of sp³-hybridized carbons (Fsp3) is 0.250. The number of benzene rings is 2. The third-order valence-corrected chi connectivity index (χ3v) is 3.18. The number of nitrogens with two attached hydrogens (primary N) is 1. The summed E-state index contributed by atoms with van der Waals surface area (Å²) in [7, 11) is 1.68. The SMILES string of the molecule is COc1ccc(C(N)c2cccc(C)c2)cc1C. The van der Waals surface area contributed by atoms with Crippen LogP contribution in [0, 0.1) is 13.8 Å². The van der Waals surface area contributed by atoms with Crippen LogP contribution in [0.1, 0.15) is 28.3 Å². The Morgan fingerprint density at radius 1 is 1.00 bits per heavy atom. The summed E-state index contributed by atoms with van der Waals surface area (Å²) in [5.74, 6) is 0.898. The maximum absolute atomic E-state index is 6.30. The molecule has 2 aromatic rings. The molecule has 0 amide bonds. The van der Waals surface area contributed by atoms with Crippen molar-refractivity contribution in [3.63, 3.8) is 0 Å². The number of ether oxygens (including phenoxy) is 1. The first-order chi connectivity index (χ1) is 8.61. The molecule has 0 aliphatic rings. The van der Waals surface area contributed by atoms with E-state index in [1.807, 2.05) is 25.1 Å². The Hall–Kier alpha value is -1.80. The summed E-state index contributed by atoms with van der Waals surface area (Å²) >= 11 is 0. The normalized spacial score (nSPS) is 12.2. The van der Waals surface area contributed by atoms with Gasteiger partial charge in [0.1, 0.15) is 5.75 Å². The molecule has 2 nitrogen and oxygen atoms in total. The Morgan fingerprint density at radius 2 is 1.72 bits per heavy atom. The lowest BCUT2D eigenvalue weighted by atomic mass is 9.97. The van der Waals surface area contributed by atoms with Gasteiger partial charge in [-0.15, -0.1) is 0 Å². The van der Waals surface area contributed by atoms with Crippen LogP contribution in [-0.4, -0.2) is 7.11 Å². The Kier molecular flexibility index (Phi) is 3.68. The van der Waals surface area contributed by atoms with E-state index in [1.165, 1.54) is 5.56 Å². The lowest BCUT2D eigenvalue weighted by Gasteiger charge is -2.15. The van der Waals surface area contributed by atoms with Crippen LogP contribution in [0.3, 0.4) is 0 Å². The van der Waals surface area contributed by atoms with E-state index in [2.05, 4.69) is 31.2 Å². The van der Waals surface area contributed by atoms with Gasteiger partial charge in [-0.05, 0) is 36.6 Å². The molecule has 2 heteroatoms. The molecule has 1 unspecified atom stereocenters. The van der Waals surface area contributed by atoms with E-state index in [1.54, 1.807) is 7.11 Å². The molecule has 0 saturated carbocycles. The maximum Gasteiger partial charge on any atom is 0.121 e. The lowest BCUT2D eigenvalue weighted by molar-refractivity contribution is 0.411. The Bertz CT molecular complexity index is 549. The average molecular weight is 241 g/mol. The first-order valence-corrected chi connectivity index (χ1v) is 6.08. The summed E-state index contributed by atoms with van der Waals surface area (Å²) < 4.78 is 5.26. The van der Waals surface area contributed by atoms with Gasteiger partial charge in [-0.2, -0.15) is 0 Å². The third kappa shape index (κ3) is 2.54. The summed E-state index contributed by atoms with van der Waals surface area (Å²) in [4.78, 5) is 0. The second-order valence-electron chi connectivity index (χ2n) is 4.62. The zero-order chi connectivity index (χ0) is 13.1. The van der Waals surface area contributed by atoms with Gasteiger partial charge in [0.2, 0.25) is 0 Å². The fourth-order valence-electron chi connectivity index (χ4n) is 2.15. The van der Waals surface area contributed by atoms with Crippen LogP contribution in [0.5, 0.6) is 5.75 Å². The highest BCUT2D eigenvalue weighted by Crippen LogP contribution is 2.25. The van der Waals surface area contributed by atoms with Gasteiger partial charge in [0.15, 0.2) is 0 Å². The molecule has 94 valence electrons. The van der Waals surface area contributed by atoms with Crippen LogP contribution in [0.25, 0.3) is 0 Å². The molecule has 0 saturated heterocycles. The highest BCUT2D eigenvalue weighted by molar-refractivity contribution is 5.41. The Morgan fingerprint density at radius 3 is 2.33 bits per heavy atom. The zero-order valence-corrected chi connectivity index (χ0v) is 11.1. The lowest BCUT2D eigenvalue weighted by Crippen LogP contribution is -2.12. The number of methoxy groups -OCH3 is 1. The van der Waals surface area contributed by atoms with Gasteiger partial charge >= 0.3 is 0 Å². The van der Waals surface area contributed by atoms with E-state index in [0.717, 1.165) is 22.4 Å². The second kappa shape index (κ2) is 5.23. The molecule has 0 bridgehead atoms. The average Bonchev–Trinajstić information content (AvgIpc) is 2.37. The summed E-state index contributed by atoms with van der Waals surface area (Å²) in [6.07, 6.45) is 0. The molecular formula is C16H19NO. The molecule has 0 spiro atoms. The quantitative estimate of drug-likeness (QED) is 0.894. The highest BCUT2D eigenvalue weighted by Gasteiger charge is 2.10. The van der Waals surface area contributed by atoms with Crippen molar-refractivity contribution >= 4 is 0 Å². The van der Waals surface area contributed by atoms with Crippen LogP contribution in [0.15, 0.2) is 42.5 Å². The van der Waals surface area contributed by atoms with Crippen molar-refractivity contribution in [2.45, 2.75) is 19.9 Å². The minimum absolute atomic E-state index is 0.0884.